The van der Waals surface area contributed by atoms with Gasteiger partial charge in [-0.25, -0.2) is 0 Å². The van der Waals surface area contributed by atoms with Crippen molar-refractivity contribution in [1.29, 1.82) is 0 Å². The number of carbonyl (C=O) groups is 2. The van der Waals surface area contributed by atoms with E-state index in [0.29, 0.717) is 6.54 Å². The molecule has 2 amide bonds. The van der Waals surface area contributed by atoms with Crippen LogP contribution in [0.3, 0.4) is 0 Å². The Kier molecular flexibility index (Phi) is 4.13. The third kappa shape index (κ3) is 2.27. The molecule has 4 aliphatic rings. The van der Waals surface area contributed by atoms with Gasteiger partial charge >= 0.3 is 0 Å². The second kappa shape index (κ2) is 6.56. The Bertz CT molecular complexity index is 834. The van der Waals surface area contributed by atoms with Gasteiger partial charge in [0.05, 0.1) is 38.0 Å². The Morgan fingerprint density at radius 2 is 1.14 bits per heavy atom. The van der Waals surface area contributed by atoms with E-state index in [1.807, 2.05) is 0 Å². The lowest BCUT2D eigenvalue weighted by Crippen LogP contribution is -3.12. The zero-order valence-corrected chi connectivity index (χ0v) is 16.5. The van der Waals surface area contributed by atoms with Gasteiger partial charge in [0.1, 0.15) is 0 Å². The number of amides is 2. The molecule has 4 heteroatoms. The molecule has 6 rings (SSSR count). The monoisotopic (exact) mass is 375 g/mol. The van der Waals surface area contributed by atoms with Gasteiger partial charge in [-0.3, -0.25) is 14.5 Å². The van der Waals surface area contributed by atoms with E-state index < -0.39 is 0 Å². The van der Waals surface area contributed by atoms with E-state index in [0.717, 1.165) is 19.6 Å². The summed E-state index contributed by atoms with van der Waals surface area (Å²) in [5.41, 5.74) is 4.96. The minimum Gasteiger partial charge on any atom is -0.334 e. The van der Waals surface area contributed by atoms with E-state index in [1.165, 1.54) is 27.2 Å². The predicted octanol–water partition coefficient (Wildman–Crippen LogP) is 1.80. The lowest BCUT2D eigenvalue weighted by Gasteiger charge is -2.45. The average molecular weight is 375 g/mol. The number of hydrogen-bond acceptors (Lipinski definition) is 2. The fourth-order valence-corrected chi connectivity index (χ4v) is 5.83. The highest BCUT2D eigenvalue weighted by Crippen LogP contribution is 2.60. The largest absolute Gasteiger partial charge is 0.334 e. The third-order valence-corrected chi connectivity index (χ3v) is 7.23. The van der Waals surface area contributed by atoms with Crippen molar-refractivity contribution in [3.05, 3.63) is 70.8 Å². The lowest BCUT2D eigenvalue weighted by atomic mass is 9.55. The number of benzene rings is 2. The van der Waals surface area contributed by atoms with Gasteiger partial charge in [0, 0.05) is 11.8 Å². The highest BCUT2D eigenvalue weighted by molar-refractivity contribution is 6.07. The van der Waals surface area contributed by atoms with Gasteiger partial charge in [0.2, 0.25) is 11.8 Å². The first-order chi connectivity index (χ1) is 13.7. The van der Waals surface area contributed by atoms with Gasteiger partial charge in [-0.2, -0.15) is 0 Å². The zero-order chi connectivity index (χ0) is 19.4. The lowest BCUT2D eigenvalue weighted by molar-refractivity contribution is -0.895. The van der Waals surface area contributed by atoms with Gasteiger partial charge in [0.15, 0.2) is 0 Å². The average Bonchev–Trinajstić information content (AvgIpc) is 3.00. The summed E-state index contributed by atoms with van der Waals surface area (Å²) < 4.78 is 0. The van der Waals surface area contributed by atoms with Crippen LogP contribution in [0.15, 0.2) is 48.5 Å². The summed E-state index contributed by atoms with van der Waals surface area (Å²) in [6, 6.07) is 16.8. The number of quaternary nitrogens is 1. The highest BCUT2D eigenvalue weighted by Gasteiger charge is 2.61. The summed E-state index contributed by atoms with van der Waals surface area (Å²) in [7, 11) is 0. The normalized spacial score (nSPS) is 27.2. The summed E-state index contributed by atoms with van der Waals surface area (Å²) in [5, 5.41) is 0. The number of likely N-dealkylation sites (tertiary alicyclic amines) is 1. The predicted molar refractivity (Wildman–Crippen MR) is 107 cm³/mol. The molecule has 1 fully saturated rings. The number of likely N-dealkylation sites (N-methyl/N-ethyl adjacent to an activating group) is 1. The van der Waals surface area contributed by atoms with Crippen LogP contribution in [0.25, 0.3) is 0 Å². The Balaban J connectivity index is 1.57. The van der Waals surface area contributed by atoms with Crippen molar-refractivity contribution in [1.82, 2.24) is 4.90 Å². The molecule has 3 aliphatic carbocycles. The topological polar surface area (TPSA) is 41.8 Å². The molecular formula is C24H27N2O2+. The number of carbonyl (C=O) groups excluding carboxylic acids is 2. The maximum Gasteiger partial charge on any atom is 0.234 e. The second-order valence-corrected chi connectivity index (χ2v) is 8.30. The molecule has 0 radical (unpaired) electrons. The molecule has 1 N–H and O–H groups in total. The van der Waals surface area contributed by atoms with E-state index >= 15 is 0 Å². The third-order valence-electron chi connectivity index (χ3n) is 7.23. The quantitative estimate of drug-likeness (QED) is 0.810. The van der Waals surface area contributed by atoms with Crippen LogP contribution in [0.1, 0.15) is 47.9 Å². The summed E-state index contributed by atoms with van der Waals surface area (Å²) >= 11 is 0. The molecule has 2 atom stereocenters. The molecule has 4 nitrogen and oxygen atoms in total. The maximum absolute atomic E-state index is 13.4. The molecule has 0 saturated carbocycles. The molecule has 2 aromatic rings. The van der Waals surface area contributed by atoms with Crippen molar-refractivity contribution in [3.63, 3.8) is 0 Å². The standard InChI is InChI=1S/C24H26N2O2/c1-3-25(4-2)13-14-26-23(27)21-19-15-9-5-6-10-16(15)20(22(21)24(26)28)18-12-8-7-11-17(18)19/h5-12,19-22H,3-4,13-14H2,1-2H3/p+1/t19?,20?,21-,22-/m0/s1. The molecule has 2 bridgehead atoms. The summed E-state index contributed by atoms with van der Waals surface area (Å²) in [6.07, 6.45) is 0. The van der Waals surface area contributed by atoms with E-state index in [4.69, 9.17) is 0 Å². The van der Waals surface area contributed by atoms with Crippen molar-refractivity contribution in [3.8, 4) is 0 Å². The van der Waals surface area contributed by atoms with E-state index in [2.05, 4.69) is 62.4 Å². The highest BCUT2D eigenvalue weighted by atomic mass is 16.2. The van der Waals surface area contributed by atoms with Crippen LogP contribution >= 0.6 is 0 Å². The molecular weight excluding hydrogens is 348 g/mol. The molecule has 1 saturated heterocycles. The maximum atomic E-state index is 13.4. The van der Waals surface area contributed by atoms with Gasteiger partial charge in [0.25, 0.3) is 0 Å². The minimum atomic E-state index is -0.242. The smallest absolute Gasteiger partial charge is 0.234 e. The van der Waals surface area contributed by atoms with E-state index in [9.17, 15) is 9.59 Å². The van der Waals surface area contributed by atoms with E-state index in [1.54, 1.807) is 4.90 Å². The van der Waals surface area contributed by atoms with Crippen LogP contribution in [0.2, 0.25) is 0 Å². The molecule has 0 unspecified atom stereocenters. The summed E-state index contributed by atoms with van der Waals surface area (Å²) in [6.45, 7) is 7.70. The number of imide groups is 1. The SMILES string of the molecule is CC[NH+](CC)CCN1C(=O)[C@H]2C3c4ccccc4C(c4ccccc43)[C@@H]2C1=O. The molecule has 1 aliphatic heterocycles. The summed E-state index contributed by atoms with van der Waals surface area (Å²) in [5.74, 6) is -0.390. The molecule has 0 aromatic heterocycles. The van der Waals surface area contributed by atoms with Crippen LogP contribution in [0.5, 0.6) is 0 Å². The van der Waals surface area contributed by atoms with Crippen LogP contribution in [-0.2, 0) is 9.59 Å². The van der Waals surface area contributed by atoms with Gasteiger partial charge < -0.3 is 4.90 Å². The van der Waals surface area contributed by atoms with E-state index in [-0.39, 0.29) is 35.5 Å². The van der Waals surface area contributed by atoms with Crippen molar-refractivity contribution >= 4 is 11.8 Å². The van der Waals surface area contributed by atoms with Crippen molar-refractivity contribution in [2.75, 3.05) is 26.2 Å². The molecule has 1 heterocycles. The molecule has 144 valence electrons. The van der Waals surface area contributed by atoms with Crippen molar-refractivity contribution in [2.24, 2.45) is 11.8 Å². The fraction of sp³-hybridized carbons (Fsp3) is 0.417. The van der Waals surface area contributed by atoms with Crippen molar-refractivity contribution < 1.29 is 14.5 Å². The Morgan fingerprint density at radius 1 is 0.750 bits per heavy atom. The van der Waals surface area contributed by atoms with Crippen LogP contribution in [0, 0.1) is 11.8 Å². The number of hydrogen-bond donors (Lipinski definition) is 1. The molecule has 2 aromatic carbocycles. The van der Waals surface area contributed by atoms with Crippen molar-refractivity contribution in [2.45, 2.75) is 25.7 Å². The number of nitrogens with one attached hydrogen (secondary N) is 1. The molecule has 28 heavy (non-hydrogen) atoms. The zero-order valence-electron chi connectivity index (χ0n) is 16.5. The first-order valence-electron chi connectivity index (χ1n) is 10.5. The van der Waals surface area contributed by atoms with Crippen LogP contribution in [-0.4, -0.2) is 42.9 Å². The fourth-order valence-electron chi connectivity index (χ4n) is 5.83. The van der Waals surface area contributed by atoms with Gasteiger partial charge in [-0.05, 0) is 36.1 Å². The summed E-state index contributed by atoms with van der Waals surface area (Å²) in [4.78, 5) is 29.9. The van der Waals surface area contributed by atoms with Crippen LogP contribution < -0.4 is 4.90 Å². The number of nitrogens with zero attached hydrogens (tertiary/aromatic N) is 1. The number of rotatable bonds is 5. The Labute approximate surface area is 166 Å². The first-order valence-corrected chi connectivity index (χ1v) is 10.5. The van der Waals surface area contributed by atoms with Gasteiger partial charge in [-0.15, -0.1) is 0 Å². The minimum absolute atomic E-state index is 0.00431. The van der Waals surface area contributed by atoms with Crippen LogP contribution in [0.4, 0.5) is 0 Å². The molecule has 0 spiro atoms. The first kappa shape index (κ1) is 17.6. The Hall–Kier alpha value is -2.46. The second-order valence-electron chi connectivity index (χ2n) is 8.30. The van der Waals surface area contributed by atoms with Gasteiger partial charge in [-0.1, -0.05) is 48.5 Å². The Morgan fingerprint density at radius 3 is 1.50 bits per heavy atom.